The van der Waals surface area contributed by atoms with Gasteiger partial charge >= 0.3 is 0 Å². The average molecular weight is 358 g/mol. The maximum absolute atomic E-state index is 12.5. The number of hydrogen-bond donors (Lipinski definition) is 2. The number of carbonyl (C=O) groups excluding carboxylic acids is 1. The molecule has 7 nitrogen and oxygen atoms in total. The molecule has 136 valence electrons. The van der Waals surface area contributed by atoms with Crippen molar-refractivity contribution < 1.29 is 9.53 Å². The molecule has 2 fully saturated rings. The Bertz CT molecular complexity index is 585. The van der Waals surface area contributed by atoms with Crippen LogP contribution in [0, 0.1) is 5.41 Å². The van der Waals surface area contributed by atoms with Gasteiger partial charge in [0.25, 0.3) is 5.91 Å². The van der Waals surface area contributed by atoms with E-state index < -0.39 is 0 Å². The first kappa shape index (κ1) is 19.1. The van der Waals surface area contributed by atoms with Crippen molar-refractivity contribution >= 4 is 18.3 Å². The fraction of sp³-hybridized carbons (Fsp3) is 0.812. The highest BCUT2D eigenvalue weighted by molar-refractivity contribution is 5.92. The van der Waals surface area contributed by atoms with Crippen molar-refractivity contribution in [2.75, 3.05) is 20.2 Å². The van der Waals surface area contributed by atoms with E-state index in [1.165, 1.54) is 0 Å². The molecule has 2 atom stereocenters. The van der Waals surface area contributed by atoms with Gasteiger partial charge in [0.1, 0.15) is 0 Å². The molecule has 1 aromatic heterocycles. The molecule has 2 aliphatic rings. The average Bonchev–Trinajstić information content (AvgIpc) is 3.05. The maximum Gasteiger partial charge on any atom is 0.273 e. The van der Waals surface area contributed by atoms with Crippen molar-refractivity contribution in [3.63, 3.8) is 0 Å². The highest BCUT2D eigenvalue weighted by atomic mass is 35.5. The Labute approximate surface area is 149 Å². The number of carbonyl (C=O) groups is 1. The summed E-state index contributed by atoms with van der Waals surface area (Å²) < 4.78 is 7.43. The van der Waals surface area contributed by atoms with Crippen molar-refractivity contribution in [2.45, 2.75) is 57.7 Å². The van der Waals surface area contributed by atoms with Crippen molar-refractivity contribution in [3.05, 3.63) is 11.9 Å². The maximum atomic E-state index is 12.5. The summed E-state index contributed by atoms with van der Waals surface area (Å²) >= 11 is 0. The predicted molar refractivity (Wildman–Crippen MR) is 93.5 cm³/mol. The Kier molecular flexibility index (Phi) is 5.57. The lowest BCUT2D eigenvalue weighted by atomic mass is 9.56. The first-order valence-electron chi connectivity index (χ1n) is 8.36. The zero-order valence-electron chi connectivity index (χ0n) is 14.8. The van der Waals surface area contributed by atoms with Crippen molar-refractivity contribution in [1.82, 2.24) is 25.6 Å². The molecule has 1 aromatic rings. The number of aromatic nitrogens is 3. The van der Waals surface area contributed by atoms with Gasteiger partial charge in [-0.2, -0.15) is 0 Å². The van der Waals surface area contributed by atoms with Gasteiger partial charge in [-0.25, -0.2) is 4.68 Å². The Morgan fingerprint density at radius 3 is 2.62 bits per heavy atom. The SMILES string of the molecule is COC1(C)CC(NC(=O)c2cn(C3CCNCC3)nn2)C1(C)C.Cl. The minimum absolute atomic E-state index is 0. The van der Waals surface area contributed by atoms with Crippen LogP contribution in [-0.2, 0) is 4.74 Å². The van der Waals surface area contributed by atoms with Crippen LogP contribution >= 0.6 is 12.4 Å². The Morgan fingerprint density at radius 1 is 1.38 bits per heavy atom. The van der Waals surface area contributed by atoms with Gasteiger partial charge in [-0.3, -0.25) is 4.79 Å². The summed E-state index contributed by atoms with van der Waals surface area (Å²) in [5.74, 6) is -0.151. The Morgan fingerprint density at radius 2 is 2.04 bits per heavy atom. The molecule has 24 heavy (non-hydrogen) atoms. The quantitative estimate of drug-likeness (QED) is 0.854. The number of nitrogens with zero attached hydrogens (tertiary/aromatic N) is 3. The third kappa shape index (κ3) is 3.17. The van der Waals surface area contributed by atoms with Crippen LogP contribution in [0.1, 0.15) is 56.6 Å². The number of methoxy groups -OCH3 is 1. The van der Waals surface area contributed by atoms with Gasteiger partial charge in [0.05, 0.1) is 17.8 Å². The second-order valence-corrected chi connectivity index (χ2v) is 7.45. The highest BCUT2D eigenvalue weighted by Crippen LogP contribution is 2.51. The molecule has 8 heteroatoms. The fourth-order valence-electron chi connectivity index (χ4n) is 3.59. The van der Waals surface area contributed by atoms with E-state index in [1.807, 2.05) is 4.68 Å². The molecule has 0 radical (unpaired) electrons. The molecule has 0 spiro atoms. The Balaban J connectivity index is 0.00000208. The van der Waals surface area contributed by atoms with Crippen LogP contribution < -0.4 is 10.6 Å². The lowest BCUT2D eigenvalue weighted by Gasteiger charge is -2.59. The zero-order chi connectivity index (χ0) is 16.7. The number of amides is 1. The minimum Gasteiger partial charge on any atom is -0.378 e. The molecule has 3 rings (SSSR count). The predicted octanol–water partition coefficient (Wildman–Crippen LogP) is 1.56. The van der Waals surface area contributed by atoms with Crippen LogP contribution in [0.4, 0.5) is 0 Å². The van der Waals surface area contributed by atoms with E-state index >= 15 is 0 Å². The van der Waals surface area contributed by atoms with Gasteiger partial charge < -0.3 is 15.4 Å². The molecule has 1 aliphatic carbocycles. The van der Waals surface area contributed by atoms with Gasteiger partial charge in [0, 0.05) is 18.6 Å². The second-order valence-electron chi connectivity index (χ2n) is 7.45. The molecule has 1 amide bonds. The molecule has 2 unspecified atom stereocenters. The van der Waals surface area contributed by atoms with Gasteiger partial charge in [-0.05, 0) is 39.3 Å². The summed E-state index contributed by atoms with van der Waals surface area (Å²) in [6.07, 6.45) is 4.62. The molecule has 0 bridgehead atoms. The summed E-state index contributed by atoms with van der Waals surface area (Å²) in [6.45, 7) is 8.30. The van der Waals surface area contributed by atoms with Gasteiger partial charge in [-0.15, -0.1) is 17.5 Å². The second kappa shape index (κ2) is 6.98. The monoisotopic (exact) mass is 357 g/mol. The molecule has 1 saturated heterocycles. The van der Waals surface area contributed by atoms with Crippen LogP contribution in [0.15, 0.2) is 6.20 Å². The van der Waals surface area contributed by atoms with Gasteiger partial charge in [0.2, 0.25) is 0 Å². The lowest BCUT2D eigenvalue weighted by molar-refractivity contribution is -0.177. The van der Waals surface area contributed by atoms with Crippen LogP contribution in [0.5, 0.6) is 0 Å². The topological polar surface area (TPSA) is 81.1 Å². The summed E-state index contributed by atoms with van der Waals surface area (Å²) in [4.78, 5) is 12.5. The van der Waals surface area contributed by atoms with Crippen LogP contribution in [0.2, 0.25) is 0 Å². The van der Waals surface area contributed by atoms with E-state index in [-0.39, 0.29) is 35.4 Å². The third-order valence-electron chi connectivity index (χ3n) is 6.01. The molecule has 2 heterocycles. The van der Waals surface area contributed by atoms with Crippen molar-refractivity contribution in [1.29, 1.82) is 0 Å². The van der Waals surface area contributed by atoms with E-state index in [0.717, 1.165) is 32.4 Å². The van der Waals surface area contributed by atoms with E-state index in [9.17, 15) is 4.79 Å². The molecule has 0 aromatic carbocycles. The molecule has 1 saturated carbocycles. The smallest absolute Gasteiger partial charge is 0.273 e. The van der Waals surface area contributed by atoms with Crippen molar-refractivity contribution in [3.8, 4) is 0 Å². The first-order valence-corrected chi connectivity index (χ1v) is 8.36. The van der Waals surface area contributed by atoms with E-state index in [2.05, 4.69) is 41.7 Å². The van der Waals surface area contributed by atoms with E-state index in [1.54, 1.807) is 13.3 Å². The van der Waals surface area contributed by atoms with E-state index in [0.29, 0.717) is 11.7 Å². The van der Waals surface area contributed by atoms with Crippen LogP contribution in [0.25, 0.3) is 0 Å². The van der Waals surface area contributed by atoms with Crippen LogP contribution in [-0.4, -0.2) is 52.7 Å². The molecular weight excluding hydrogens is 330 g/mol. The number of ether oxygens (including phenoxy) is 1. The third-order valence-corrected chi connectivity index (χ3v) is 6.01. The number of nitrogens with one attached hydrogen (secondary N) is 2. The molecule has 2 N–H and O–H groups in total. The fourth-order valence-corrected chi connectivity index (χ4v) is 3.59. The largest absolute Gasteiger partial charge is 0.378 e. The van der Waals surface area contributed by atoms with Crippen LogP contribution in [0.3, 0.4) is 0 Å². The molecular formula is C16H28ClN5O2. The normalized spacial score (nSPS) is 29.4. The van der Waals surface area contributed by atoms with Gasteiger partial charge in [-0.1, -0.05) is 19.1 Å². The lowest BCUT2D eigenvalue weighted by Crippen LogP contribution is -2.68. The minimum atomic E-state index is -0.197. The summed E-state index contributed by atoms with van der Waals surface area (Å²) in [5, 5.41) is 14.6. The standard InChI is InChI=1S/C16H27N5O2.ClH/c1-15(2)13(9-16(15,3)23-4)18-14(22)12-10-21(20-19-12)11-5-7-17-8-6-11;/h10-11,13,17H,5-9H2,1-4H3,(H,18,22);1H. The summed E-state index contributed by atoms with van der Waals surface area (Å²) in [5.41, 5.74) is 0.0884. The highest BCUT2D eigenvalue weighted by Gasteiger charge is 2.58. The summed E-state index contributed by atoms with van der Waals surface area (Å²) in [6, 6.07) is 0.422. The van der Waals surface area contributed by atoms with Gasteiger partial charge in [0.15, 0.2) is 5.69 Å². The van der Waals surface area contributed by atoms with Crippen molar-refractivity contribution in [2.24, 2.45) is 5.41 Å². The zero-order valence-corrected chi connectivity index (χ0v) is 15.7. The van der Waals surface area contributed by atoms with E-state index in [4.69, 9.17) is 4.74 Å². The number of hydrogen-bond acceptors (Lipinski definition) is 5. The number of piperidine rings is 1. The Hall–Kier alpha value is -1.18. The first-order chi connectivity index (χ1) is 10.9. The summed E-state index contributed by atoms with van der Waals surface area (Å²) in [7, 11) is 1.73. The molecule has 1 aliphatic heterocycles. The number of rotatable bonds is 4. The number of halogens is 1.